The molecule has 0 saturated carbocycles. The molecule has 0 bridgehead atoms. The molecule has 0 aliphatic heterocycles. The number of aryl methyl sites for hydroxylation is 1. The van der Waals surface area contributed by atoms with Gasteiger partial charge in [0.05, 0.1) is 5.57 Å². The molecule has 1 aliphatic carbocycles. The molecule has 6 rings (SSSR count). The van der Waals surface area contributed by atoms with Crippen molar-refractivity contribution < 1.29 is 9.59 Å². The van der Waals surface area contributed by atoms with E-state index in [-0.39, 0.29) is 17.1 Å². The second-order valence-electron chi connectivity index (χ2n) is 8.60. The molecule has 0 fully saturated rings. The standard InChI is InChI=1S/C31H21NO2S/c1-20-16-25(35-31(20)32(23-12-4-2-5-13-23)24-14-6-3-7-15-24)19-28-29(33)26-17-21-10-8-9-11-22(21)18-27(26)30(28)34/h2-19H,1H3. The summed E-state index contributed by atoms with van der Waals surface area (Å²) in [6.07, 6.45) is 1.75. The SMILES string of the molecule is Cc1cc(C=C2C(=O)c3cc4ccccc4cc3C2=O)sc1N(c1ccccc1)c1ccccc1. The molecule has 0 saturated heterocycles. The lowest BCUT2D eigenvalue weighted by atomic mass is 10.0. The van der Waals surface area contributed by atoms with Crippen LogP contribution in [0.4, 0.5) is 16.4 Å². The van der Waals surface area contributed by atoms with Crippen molar-refractivity contribution in [2.75, 3.05) is 4.90 Å². The van der Waals surface area contributed by atoms with Crippen molar-refractivity contribution in [1.82, 2.24) is 0 Å². The van der Waals surface area contributed by atoms with Crippen LogP contribution in [0.3, 0.4) is 0 Å². The average Bonchev–Trinajstić information content (AvgIpc) is 3.36. The van der Waals surface area contributed by atoms with Gasteiger partial charge >= 0.3 is 0 Å². The van der Waals surface area contributed by atoms with E-state index in [1.165, 1.54) is 0 Å². The third-order valence-electron chi connectivity index (χ3n) is 6.29. The summed E-state index contributed by atoms with van der Waals surface area (Å²) in [6, 6.07) is 33.9. The molecule has 35 heavy (non-hydrogen) atoms. The molecule has 3 nitrogen and oxygen atoms in total. The largest absolute Gasteiger partial charge is 0.302 e. The van der Waals surface area contributed by atoms with Crippen molar-refractivity contribution in [2.45, 2.75) is 6.92 Å². The number of carbonyl (C=O) groups is 2. The molecule has 4 aromatic carbocycles. The number of allylic oxidation sites excluding steroid dienone is 1. The van der Waals surface area contributed by atoms with Gasteiger partial charge < -0.3 is 4.90 Å². The van der Waals surface area contributed by atoms with Gasteiger partial charge in [0.1, 0.15) is 5.00 Å². The number of thiophene rings is 1. The van der Waals surface area contributed by atoms with Crippen molar-refractivity contribution in [3.8, 4) is 0 Å². The summed E-state index contributed by atoms with van der Waals surface area (Å²) in [5.41, 5.74) is 4.39. The third kappa shape index (κ3) is 3.69. The lowest BCUT2D eigenvalue weighted by Gasteiger charge is -2.24. The lowest BCUT2D eigenvalue weighted by Crippen LogP contribution is -2.08. The molecule has 0 radical (unpaired) electrons. The second-order valence-corrected chi connectivity index (χ2v) is 9.67. The molecule has 168 valence electrons. The van der Waals surface area contributed by atoms with Crippen LogP contribution in [-0.4, -0.2) is 11.6 Å². The molecule has 0 N–H and O–H groups in total. The Morgan fingerprint density at radius 2 is 1.14 bits per heavy atom. The van der Waals surface area contributed by atoms with E-state index in [0.717, 1.165) is 37.6 Å². The van der Waals surface area contributed by atoms with Gasteiger partial charge in [-0.1, -0.05) is 60.7 Å². The Kier molecular flexibility index (Phi) is 5.16. The van der Waals surface area contributed by atoms with Crippen molar-refractivity contribution in [2.24, 2.45) is 0 Å². The Morgan fingerprint density at radius 3 is 1.66 bits per heavy atom. The normalized spacial score (nSPS) is 12.8. The summed E-state index contributed by atoms with van der Waals surface area (Å²) in [5, 5.41) is 2.98. The van der Waals surface area contributed by atoms with Gasteiger partial charge in [-0.2, -0.15) is 0 Å². The summed E-state index contributed by atoms with van der Waals surface area (Å²) < 4.78 is 0. The van der Waals surface area contributed by atoms with Crippen molar-refractivity contribution in [3.63, 3.8) is 0 Å². The van der Waals surface area contributed by atoms with E-state index in [4.69, 9.17) is 0 Å². The first kappa shape index (κ1) is 21.3. The van der Waals surface area contributed by atoms with Crippen LogP contribution in [-0.2, 0) is 0 Å². The highest BCUT2D eigenvalue weighted by Crippen LogP contribution is 2.42. The molecular weight excluding hydrogens is 450 g/mol. The van der Waals surface area contributed by atoms with E-state index in [2.05, 4.69) is 36.1 Å². The van der Waals surface area contributed by atoms with Crippen LogP contribution in [0.2, 0.25) is 0 Å². The second kappa shape index (κ2) is 8.49. The van der Waals surface area contributed by atoms with Crippen LogP contribution >= 0.6 is 11.3 Å². The van der Waals surface area contributed by atoms with Crippen LogP contribution in [0.15, 0.2) is 109 Å². The van der Waals surface area contributed by atoms with Crippen molar-refractivity contribution in [1.29, 1.82) is 0 Å². The van der Waals surface area contributed by atoms with E-state index < -0.39 is 0 Å². The quantitative estimate of drug-likeness (QED) is 0.196. The highest BCUT2D eigenvalue weighted by atomic mass is 32.1. The summed E-state index contributed by atoms with van der Waals surface area (Å²) in [7, 11) is 0. The molecule has 0 spiro atoms. The van der Waals surface area contributed by atoms with Crippen LogP contribution in [0, 0.1) is 6.92 Å². The van der Waals surface area contributed by atoms with Gasteiger partial charge in [0, 0.05) is 27.4 Å². The Labute approximate surface area is 207 Å². The number of Topliss-reactive ketones (excluding diaryl/α,β-unsaturated/α-hetero) is 2. The van der Waals surface area contributed by atoms with Crippen molar-refractivity contribution >= 4 is 56.1 Å². The fourth-order valence-corrected chi connectivity index (χ4v) is 5.77. The molecule has 0 unspecified atom stereocenters. The number of fused-ring (bicyclic) bond motifs is 2. The minimum atomic E-state index is -0.202. The maximum absolute atomic E-state index is 13.2. The van der Waals surface area contributed by atoms with E-state index in [0.29, 0.717) is 11.1 Å². The zero-order chi connectivity index (χ0) is 23.9. The number of para-hydroxylation sites is 2. The Balaban J connectivity index is 1.43. The predicted octanol–water partition coefficient (Wildman–Crippen LogP) is 8.14. The highest BCUT2D eigenvalue weighted by molar-refractivity contribution is 7.17. The Hall–Kier alpha value is -4.28. The first-order chi connectivity index (χ1) is 17.1. The number of ketones is 2. The number of anilines is 3. The fourth-order valence-electron chi connectivity index (χ4n) is 4.61. The zero-order valence-corrected chi connectivity index (χ0v) is 19.9. The van der Waals surface area contributed by atoms with E-state index in [1.807, 2.05) is 78.9 Å². The molecule has 1 aliphatic rings. The molecule has 4 heteroatoms. The first-order valence-corrected chi connectivity index (χ1v) is 12.3. The summed E-state index contributed by atoms with van der Waals surface area (Å²) in [5.74, 6) is -0.405. The van der Waals surface area contributed by atoms with Gasteiger partial charge in [0.25, 0.3) is 0 Å². The molecule has 0 amide bonds. The van der Waals surface area contributed by atoms with Crippen molar-refractivity contribution in [3.05, 3.63) is 130 Å². The average molecular weight is 472 g/mol. The number of nitrogens with zero attached hydrogens (tertiary/aromatic N) is 1. The minimum Gasteiger partial charge on any atom is -0.302 e. The summed E-state index contributed by atoms with van der Waals surface area (Å²) >= 11 is 1.57. The van der Waals surface area contributed by atoms with E-state index in [1.54, 1.807) is 17.4 Å². The molecule has 0 atom stereocenters. The first-order valence-electron chi connectivity index (χ1n) is 11.4. The molecular formula is C31H21NO2S. The smallest absolute Gasteiger partial charge is 0.197 e. The topological polar surface area (TPSA) is 37.4 Å². The third-order valence-corrected chi connectivity index (χ3v) is 7.46. The van der Waals surface area contributed by atoms with E-state index >= 15 is 0 Å². The highest BCUT2D eigenvalue weighted by Gasteiger charge is 2.33. The maximum atomic E-state index is 13.2. The van der Waals surface area contributed by atoms with Gasteiger partial charge in [0.2, 0.25) is 0 Å². The Morgan fingerprint density at radius 1 is 0.657 bits per heavy atom. The molecule has 1 heterocycles. The monoisotopic (exact) mass is 471 g/mol. The number of carbonyl (C=O) groups excluding carboxylic acids is 2. The van der Waals surface area contributed by atoms with Gasteiger partial charge in [-0.15, -0.1) is 11.3 Å². The number of hydrogen-bond donors (Lipinski definition) is 0. The number of benzene rings is 4. The lowest BCUT2D eigenvalue weighted by molar-refractivity contribution is 0.0990. The van der Waals surface area contributed by atoms with Gasteiger partial charge in [-0.05, 0) is 71.8 Å². The molecule has 1 aromatic heterocycles. The van der Waals surface area contributed by atoms with Crippen LogP contribution in [0.25, 0.3) is 16.8 Å². The number of hydrogen-bond acceptors (Lipinski definition) is 4. The van der Waals surface area contributed by atoms with Crippen LogP contribution < -0.4 is 4.90 Å². The zero-order valence-electron chi connectivity index (χ0n) is 19.1. The predicted molar refractivity (Wildman–Crippen MR) is 144 cm³/mol. The van der Waals surface area contributed by atoms with Crippen LogP contribution in [0.1, 0.15) is 31.2 Å². The fraction of sp³-hybridized carbons (Fsp3) is 0.0323. The van der Waals surface area contributed by atoms with Gasteiger partial charge in [-0.3, -0.25) is 9.59 Å². The maximum Gasteiger partial charge on any atom is 0.197 e. The van der Waals surface area contributed by atoms with Gasteiger partial charge in [0.15, 0.2) is 11.6 Å². The minimum absolute atomic E-state index is 0.202. The number of rotatable bonds is 4. The van der Waals surface area contributed by atoms with Gasteiger partial charge in [-0.25, -0.2) is 0 Å². The molecule has 5 aromatic rings. The summed E-state index contributed by atoms with van der Waals surface area (Å²) in [4.78, 5) is 29.5. The van der Waals surface area contributed by atoms with Crippen LogP contribution in [0.5, 0.6) is 0 Å². The Bertz CT molecular complexity index is 1540. The summed E-state index contributed by atoms with van der Waals surface area (Å²) in [6.45, 7) is 2.06. The van der Waals surface area contributed by atoms with E-state index in [9.17, 15) is 9.59 Å².